The number of nitrogens with zero attached hydrogens (tertiary/aromatic N) is 2. The number of aromatic nitrogens is 1. The number of H-pyrrole nitrogens is 1. The number of para-hydroxylation sites is 1. The maximum atomic E-state index is 13.1. The molecule has 1 fully saturated rings. The van der Waals surface area contributed by atoms with Crippen molar-refractivity contribution in [3.05, 3.63) is 77.9 Å². The first-order valence-corrected chi connectivity index (χ1v) is 10.9. The maximum Gasteiger partial charge on any atom is 0.253 e. The number of ether oxygens (including phenoxy) is 1. The van der Waals surface area contributed by atoms with Crippen molar-refractivity contribution in [1.29, 1.82) is 0 Å². The average molecular weight is 414 g/mol. The van der Waals surface area contributed by atoms with Crippen LogP contribution in [0.3, 0.4) is 0 Å². The van der Waals surface area contributed by atoms with Gasteiger partial charge in [-0.2, -0.15) is 0 Å². The Balaban J connectivity index is 1.21. The number of fused-ring (bicyclic) bond motifs is 3. The van der Waals surface area contributed by atoms with Crippen molar-refractivity contribution >= 4 is 27.7 Å². The molecule has 5 nitrogen and oxygen atoms in total. The summed E-state index contributed by atoms with van der Waals surface area (Å²) in [4.78, 5) is 21.0. The van der Waals surface area contributed by atoms with Crippen LogP contribution in [0.25, 0.3) is 21.8 Å². The molecule has 1 aliphatic heterocycles. The van der Waals surface area contributed by atoms with Crippen LogP contribution >= 0.6 is 0 Å². The first-order valence-electron chi connectivity index (χ1n) is 10.9. The molecule has 0 unspecified atom stereocenters. The monoisotopic (exact) mass is 413 g/mol. The quantitative estimate of drug-likeness (QED) is 0.530. The predicted molar refractivity (Wildman–Crippen MR) is 125 cm³/mol. The van der Waals surface area contributed by atoms with E-state index in [1.807, 2.05) is 47.4 Å². The molecule has 158 valence electrons. The van der Waals surface area contributed by atoms with E-state index in [1.54, 1.807) is 7.11 Å². The summed E-state index contributed by atoms with van der Waals surface area (Å²) in [5.74, 6) is 1.02. The van der Waals surface area contributed by atoms with Crippen molar-refractivity contribution in [2.45, 2.75) is 6.42 Å². The van der Waals surface area contributed by atoms with E-state index in [0.29, 0.717) is 0 Å². The molecule has 1 saturated heterocycles. The molecule has 5 heteroatoms. The van der Waals surface area contributed by atoms with Gasteiger partial charge < -0.3 is 14.6 Å². The highest BCUT2D eigenvalue weighted by Gasteiger charge is 2.22. The summed E-state index contributed by atoms with van der Waals surface area (Å²) in [6.07, 6.45) is 1.01. The molecule has 0 saturated carbocycles. The van der Waals surface area contributed by atoms with Gasteiger partial charge in [-0.25, -0.2) is 0 Å². The predicted octanol–water partition coefficient (Wildman–Crippen LogP) is 4.33. The largest absolute Gasteiger partial charge is 0.497 e. The number of amides is 1. The van der Waals surface area contributed by atoms with Crippen LogP contribution in [0.2, 0.25) is 0 Å². The molecule has 1 aromatic heterocycles. The minimum absolute atomic E-state index is 0.127. The fourth-order valence-corrected chi connectivity index (χ4v) is 4.42. The Morgan fingerprint density at radius 2 is 1.65 bits per heavy atom. The number of hydrogen-bond acceptors (Lipinski definition) is 3. The molecule has 31 heavy (non-hydrogen) atoms. The Kier molecular flexibility index (Phi) is 5.35. The number of nitrogens with one attached hydrogen (secondary N) is 1. The van der Waals surface area contributed by atoms with Crippen LogP contribution < -0.4 is 4.74 Å². The Labute approximate surface area is 182 Å². The van der Waals surface area contributed by atoms with Gasteiger partial charge in [0.2, 0.25) is 0 Å². The van der Waals surface area contributed by atoms with E-state index in [0.717, 1.165) is 72.3 Å². The van der Waals surface area contributed by atoms with Crippen LogP contribution in [-0.2, 0) is 6.42 Å². The first-order chi connectivity index (χ1) is 15.2. The van der Waals surface area contributed by atoms with E-state index in [4.69, 9.17) is 4.74 Å². The zero-order valence-corrected chi connectivity index (χ0v) is 17.8. The number of methoxy groups -OCH3 is 1. The van der Waals surface area contributed by atoms with Gasteiger partial charge >= 0.3 is 0 Å². The maximum absolute atomic E-state index is 13.1. The topological polar surface area (TPSA) is 48.6 Å². The van der Waals surface area contributed by atoms with E-state index in [2.05, 4.69) is 34.1 Å². The van der Waals surface area contributed by atoms with Crippen molar-refractivity contribution < 1.29 is 9.53 Å². The molecule has 1 N–H and O–H groups in total. The zero-order valence-electron chi connectivity index (χ0n) is 17.8. The highest BCUT2D eigenvalue weighted by atomic mass is 16.5. The van der Waals surface area contributed by atoms with E-state index in [-0.39, 0.29) is 5.91 Å². The fraction of sp³-hybridized carbons (Fsp3) is 0.269. The molecule has 0 atom stereocenters. The van der Waals surface area contributed by atoms with Gasteiger partial charge in [0.1, 0.15) is 5.75 Å². The molecule has 0 spiro atoms. The summed E-state index contributed by atoms with van der Waals surface area (Å²) < 4.78 is 5.22. The van der Waals surface area contributed by atoms with Gasteiger partial charge in [-0.05, 0) is 48.4 Å². The van der Waals surface area contributed by atoms with Crippen molar-refractivity contribution in [3.63, 3.8) is 0 Å². The van der Waals surface area contributed by atoms with Gasteiger partial charge in [-0.15, -0.1) is 0 Å². The first kappa shape index (κ1) is 19.6. The third-order valence-electron chi connectivity index (χ3n) is 6.29. The Morgan fingerprint density at radius 3 is 2.42 bits per heavy atom. The second kappa shape index (κ2) is 8.44. The average Bonchev–Trinajstić information content (AvgIpc) is 3.21. The summed E-state index contributed by atoms with van der Waals surface area (Å²) >= 11 is 0. The van der Waals surface area contributed by atoms with E-state index in [1.165, 1.54) is 5.56 Å². The molecule has 3 aromatic carbocycles. The number of carbonyl (C=O) groups excluding carboxylic acids is 1. The molecule has 0 bridgehead atoms. The summed E-state index contributed by atoms with van der Waals surface area (Å²) in [5, 5.41) is 2.27. The molecular weight excluding hydrogens is 386 g/mol. The number of benzene rings is 3. The Hall–Kier alpha value is -3.31. The fourth-order valence-electron chi connectivity index (χ4n) is 4.42. The van der Waals surface area contributed by atoms with Gasteiger partial charge in [-0.1, -0.05) is 30.3 Å². The lowest BCUT2D eigenvalue weighted by molar-refractivity contribution is 0.0638. The van der Waals surface area contributed by atoms with Crippen LogP contribution in [0.5, 0.6) is 5.75 Å². The Bertz CT molecular complexity index is 1200. The molecule has 0 radical (unpaired) electrons. The van der Waals surface area contributed by atoms with Gasteiger partial charge in [-0.3, -0.25) is 9.69 Å². The van der Waals surface area contributed by atoms with Gasteiger partial charge in [0.05, 0.1) is 7.11 Å². The summed E-state index contributed by atoms with van der Waals surface area (Å²) in [5.41, 5.74) is 4.25. The number of hydrogen-bond donors (Lipinski definition) is 1. The van der Waals surface area contributed by atoms with Crippen LogP contribution in [-0.4, -0.2) is 60.5 Å². The number of rotatable bonds is 5. The van der Waals surface area contributed by atoms with Crippen molar-refractivity contribution in [2.75, 3.05) is 39.8 Å². The molecular formula is C26H27N3O2. The number of carbonyl (C=O) groups is 1. The second-order valence-corrected chi connectivity index (χ2v) is 8.16. The van der Waals surface area contributed by atoms with Crippen LogP contribution in [0.4, 0.5) is 0 Å². The van der Waals surface area contributed by atoms with E-state index in [9.17, 15) is 4.79 Å². The Morgan fingerprint density at radius 1 is 0.903 bits per heavy atom. The van der Waals surface area contributed by atoms with Crippen LogP contribution in [0.15, 0.2) is 66.7 Å². The molecule has 0 aliphatic carbocycles. The minimum atomic E-state index is 0.127. The number of piperazine rings is 1. The van der Waals surface area contributed by atoms with Crippen LogP contribution in [0, 0.1) is 0 Å². The smallest absolute Gasteiger partial charge is 0.253 e. The molecule has 2 heterocycles. The van der Waals surface area contributed by atoms with E-state index >= 15 is 0 Å². The van der Waals surface area contributed by atoms with Crippen molar-refractivity contribution in [2.24, 2.45) is 0 Å². The molecule has 1 amide bonds. The summed E-state index contributed by atoms with van der Waals surface area (Å²) in [6, 6.07) is 22.5. The van der Waals surface area contributed by atoms with Gasteiger partial charge in [0.15, 0.2) is 0 Å². The minimum Gasteiger partial charge on any atom is -0.497 e. The third kappa shape index (κ3) is 4.01. The molecule has 4 aromatic rings. The van der Waals surface area contributed by atoms with E-state index < -0.39 is 0 Å². The highest BCUT2D eigenvalue weighted by molar-refractivity contribution is 6.09. The molecule has 5 rings (SSSR count). The summed E-state index contributed by atoms with van der Waals surface area (Å²) in [7, 11) is 1.69. The summed E-state index contributed by atoms with van der Waals surface area (Å²) in [6.45, 7) is 4.38. The lowest BCUT2D eigenvalue weighted by atomic mass is 10.1. The van der Waals surface area contributed by atoms with Gasteiger partial charge in [0, 0.05) is 60.1 Å². The third-order valence-corrected chi connectivity index (χ3v) is 6.29. The second-order valence-electron chi connectivity index (χ2n) is 8.16. The SMILES string of the molecule is COc1ccc(CCN2CCN(C(=O)c3ccc4[nH]c5ccccc5c4c3)CC2)cc1. The lowest BCUT2D eigenvalue weighted by Gasteiger charge is -2.34. The standard InChI is InChI=1S/C26H27N3O2/c1-31-21-9-6-19(7-10-21)12-13-28-14-16-29(17-15-28)26(30)20-8-11-25-23(18-20)22-4-2-3-5-24(22)27-25/h2-11,18,27H,12-17H2,1H3. The van der Waals surface area contributed by atoms with Crippen molar-refractivity contribution in [1.82, 2.24) is 14.8 Å². The highest BCUT2D eigenvalue weighted by Crippen LogP contribution is 2.26. The zero-order chi connectivity index (χ0) is 21.2. The van der Waals surface area contributed by atoms with Crippen LogP contribution in [0.1, 0.15) is 15.9 Å². The van der Waals surface area contributed by atoms with Crippen molar-refractivity contribution in [3.8, 4) is 5.75 Å². The lowest BCUT2D eigenvalue weighted by Crippen LogP contribution is -2.49. The normalized spacial score (nSPS) is 14.9. The number of aromatic amines is 1. The van der Waals surface area contributed by atoms with Gasteiger partial charge in [0.25, 0.3) is 5.91 Å². The molecule has 1 aliphatic rings.